The number of fused-ring (bicyclic) bond motifs is 4. The first-order chi connectivity index (χ1) is 22.7. The van der Waals surface area contributed by atoms with Crippen LogP contribution in [0.15, 0.2) is 64.1 Å². The molecule has 2 fully saturated rings. The van der Waals surface area contributed by atoms with Crippen LogP contribution in [-0.2, 0) is 23.8 Å². The van der Waals surface area contributed by atoms with Crippen LogP contribution in [-0.4, -0.2) is 52.4 Å². The maximum atomic E-state index is 13.8. The molecule has 48 heavy (non-hydrogen) atoms. The van der Waals surface area contributed by atoms with E-state index in [1.54, 1.807) is 61.8 Å². The van der Waals surface area contributed by atoms with Crippen LogP contribution < -0.4 is 10.4 Å². The van der Waals surface area contributed by atoms with Crippen LogP contribution in [0.25, 0.3) is 11.3 Å². The van der Waals surface area contributed by atoms with Gasteiger partial charge in [0.1, 0.15) is 41.5 Å². The van der Waals surface area contributed by atoms with Gasteiger partial charge in [-0.05, 0) is 61.8 Å². The lowest BCUT2D eigenvalue weighted by Gasteiger charge is -2.66. The van der Waals surface area contributed by atoms with Gasteiger partial charge in [-0.2, -0.15) is 0 Å². The van der Waals surface area contributed by atoms with E-state index in [9.17, 15) is 24.3 Å². The Morgan fingerprint density at radius 2 is 1.79 bits per heavy atom. The third-order valence-corrected chi connectivity index (χ3v) is 11.1. The van der Waals surface area contributed by atoms with Gasteiger partial charge in [-0.15, -0.1) is 0 Å². The normalized spacial score (nSPS) is 32.0. The van der Waals surface area contributed by atoms with E-state index < -0.39 is 70.1 Å². The molecule has 12 heteroatoms. The average molecular weight is 680 g/mol. The monoisotopic (exact) mass is 679 g/mol. The largest absolute Gasteiger partial charge is 0.482 e. The standard InChI is InChI=1S/C36H38ClNO10/c1-19(39)44-18-35(4)26-16-28(47-32(42)22-10-6-7-11-23(22)37)36(5)31(34(26,3)13-12-27(35)45-20(2)40)30(41)29-25(48-36)15-24(46-33(29)43)21-9-8-14-38-17-21/h6-11,14-15,17,26-28,30-31,41H,12-13,16,18H2,1-5H3/t26?,27-,28-,30-,31?,34-,35?,36+/m0/s1. The number of hydrogen-bond acceptors (Lipinski definition) is 11. The first-order valence-corrected chi connectivity index (χ1v) is 16.3. The summed E-state index contributed by atoms with van der Waals surface area (Å²) in [5.41, 5.74) is -3.29. The van der Waals surface area contributed by atoms with Crippen molar-refractivity contribution in [2.75, 3.05) is 6.61 Å². The minimum Gasteiger partial charge on any atom is -0.482 e. The van der Waals surface area contributed by atoms with Crippen molar-refractivity contribution in [2.45, 2.75) is 77.8 Å². The molecule has 11 nitrogen and oxygen atoms in total. The number of aliphatic hydroxyl groups excluding tert-OH is 1. The molecule has 254 valence electrons. The van der Waals surface area contributed by atoms with Gasteiger partial charge in [0.2, 0.25) is 0 Å². The molecular formula is C36H38ClNO10. The van der Waals surface area contributed by atoms with Crippen molar-refractivity contribution in [1.29, 1.82) is 0 Å². The van der Waals surface area contributed by atoms with E-state index in [-0.39, 0.29) is 40.7 Å². The number of esters is 3. The van der Waals surface area contributed by atoms with Crippen LogP contribution in [0.4, 0.5) is 0 Å². The lowest BCUT2D eigenvalue weighted by molar-refractivity contribution is -0.266. The number of nitrogens with zero attached hydrogens (tertiary/aromatic N) is 1. The van der Waals surface area contributed by atoms with Crippen LogP contribution in [0.5, 0.6) is 5.75 Å². The zero-order valence-corrected chi connectivity index (χ0v) is 28.1. The second kappa shape index (κ2) is 12.3. The van der Waals surface area contributed by atoms with E-state index in [4.69, 9.17) is 35.0 Å². The van der Waals surface area contributed by atoms with Crippen LogP contribution in [0.2, 0.25) is 5.02 Å². The van der Waals surface area contributed by atoms with Crippen molar-refractivity contribution in [3.05, 3.63) is 81.4 Å². The number of carbonyl (C=O) groups excluding carboxylic acids is 3. The van der Waals surface area contributed by atoms with Gasteiger partial charge in [0.15, 0.2) is 0 Å². The summed E-state index contributed by atoms with van der Waals surface area (Å²) >= 11 is 6.39. The van der Waals surface area contributed by atoms with Crippen molar-refractivity contribution < 1.29 is 42.9 Å². The predicted octanol–water partition coefficient (Wildman–Crippen LogP) is 5.70. The fourth-order valence-corrected chi connectivity index (χ4v) is 8.87. The third-order valence-electron chi connectivity index (χ3n) is 10.8. The Hall–Kier alpha value is -4.22. The zero-order chi connectivity index (χ0) is 34.6. The van der Waals surface area contributed by atoms with Crippen molar-refractivity contribution >= 4 is 29.5 Å². The first-order valence-electron chi connectivity index (χ1n) is 15.9. The van der Waals surface area contributed by atoms with E-state index >= 15 is 0 Å². The number of aromatic nitrogens is 1. The number of halogens is 1. The summed E-state index contributed by atoms with van der Waals surface area (Å²) in [6, 6.07) is 11.5. The Balaban J connectivity index is 1.51. The Labute approximate surface area is 282 Å². The highest BCUT2D eigenvalue weighted by molar-refractivity contribution is 6.33. The third kappa shape index (κ3) is 5.56. The molecule has 0 bridgehead atoms. The summed E-state index contributed by atoms with van der Waals surface area (Å²) in [5.74, 6) is -2.69. The lowest BCUT2D eigenvalue weighted by Crippen LogP contribution is -2.71. The molecule has 0 radical (unpaired) electrons. The molecule has 3 heterocycles. The number of benzene rings is 1. The van der Waals surface area contributed by atoms with Gasteiger partial charge in [0, 0.05) is 49.2 Å². The van der Waals surface area contributed by atoms with E-state index in [2.05, 4.69) is 4.98 Å². The van der Waals surface area contributed by atoms with E-state index in [1.165, 1.54) is 13.8 Å². The van der Waals surface area contributed by atoms with Crippen LogP contribution in [0, 0.1) is 22.7 Å². The van der Waals surface area contributed by atoms with Gasteiger partial charge in [-0.1, -0.05) is 37.6 Å². The molecule has 2 saturated carbocycles. The van der Waals surface area contributed by atoms with Gasteiger partial charge < -0.3 is 28.5 Å². The highest BCUT2D eigenvalue weighted by Gasteiger charge is 2.71. The summed E-state index contributed by atoms with van der Waals surface area (Å²) in [4.78, 5) is 55.9. The Bertz CT molecular complexity index is 1810. The smallest absolute Gasteiger partial charge is 0.345 e. The zero-order valence-electron chi connectivity index (χ0n) is 27.4. The minimum absolute atomic E-state index is 0.0491. The van der Waals surface area contributed by atoms with E-state index in [0.29, 0.717) is 18.4 Å². The maximum Gasteiger partial charge on any atom is 0.345 e. The number of hydrogen-bond donors (Lipinski definition) is 1. The van der Waals surface area contributed by atoms with Crippen LogP contribution in [0.1, 0.15) is 75.9 Å². The summed E-state index contributed by atoms with van der Waals surface area (Å²) in [5, 5.41) is 12.5. The van der Waals surface area contributed by atoms with Crippen molar-refractivity contribution in [1.82, 2.24) is 4.98 Å². The molecule has 1 N–H and O–H groups in total. The second-order valence-corrected chi connectivity index (χ2v) is 14.1. The summed E-state index contributed by atoms with van der Waals surface area (Å²) < 4.78 is 30.2. The second-order valence-electron chi connectivity index (χ2n) is 13.7. The molecule has 6 rings (SSSR count). The van der Waals surface area contributed by atoms with Gasteiger partial charge >= 0.3 is 23.5 Å². The number of pyridine rings is 1. The Kier molecular flexibility index (Phi) is 8.66. The van der Waals surface area contributed by atoms with Crippen LogP contribution in [0.3, 0.4) is 0 Å². The van der Waals surface area contributed by atoms with Gasteiger partial charge in [0.25, 0.3) is 0 Å². The molecule has 2 aromatic heterocycles. The molecule has 0 saturated heterocycles. The van der Waals surface area contributed by atoms with Gasteiger partial charge in [-0.3, -0.25) is 14.6 Å². The molecule has 1 aliphatic heterocycles. The number of carbonyl (C=O) groups is 3. The first kappa shape index (κ1) is 33.7. The van der Waals surface area contributed by atoms with E-state index in [1.807, 2.05) is 13.8 Å². The summed E-state index contributed by atoms with van der Waals surface area (Å²) in [6.07, 6.45) is 1.09. The number of aliphatic hydroxyl groups is 1. The molecule has 0 spiro atoms. The highest BCUT2D eigenvalue weighted by atomic mass is 35.5. The number of ether oxygens (including phenoxy) is 4. The minimum atomic E-state index is -1.41. The fourth-order valence-electron chi connectivity index (χ4n) is 8.66. The molecule has 8 atom stereocenters. The topological polar surface area (TPSA) is 151 Å². The molecule has 2 aliphatic carbocycles. The molecule has 3 aromatic rings. The quantitative estimate of drug-likeness (QED) is 0.252. The highest BCUT2D eigenvalue weighted by Crippen LogP contribution is 2.67. The summed E-state index contributed by atoms with van der Waals surface area (Å²) in [6.45, 7) is 8.16. The number of rotatable bonds is 6. The fraction of sp³-hybridized carbons (Fsp3) is 0.472. The van der Waals surface area contributed by atoms with Gasteiger partial charge in [0.05, 0.1) is 16.7 Å². The van der Waals surface area contributed by atoms with Crippen LogP contribution >= 0.6 is 11.6 Å². The predicted molar refractivity (Wildman–Crippen MR) is 172 cm³/mol. The molecule has 3 aliphatic rings. The Morgan fingerprint density at radius 3 is 2.46 bits per heavy atom. The average Bonchev–Trinajstić information content (AvgIpc) is 3.02. The molecule has 3 unspecified atom stereocenters. The van der Waals surface area contributed by atoms with Crippen molar-refractivity contribution in [3.8, 4) is 17.1 Å². The lowest BCUT2D eigenvalue weighted by atomic mass is 9.42. The Morgan fingerprint density at radius 1 is 1.04 bits per heavy atom. The molecular weight excluding hydrogens is 642 g/mol. The molecule has 1 aromatic carbocycles. The van der Waals surface area contributed by atoms with Crippen molar-refractivity contribution in [2.24, 2.45) is 22.7 Å². The molecule has 0 amide bonds. The van der Waals surface area contributed by atoms with Crippen molar-refractivity contribution in [3.63, 3.8) is 0 Å². The maximum absolute atomic E-state index is 13.8. The van der Waals surface area contributed by atoms with E-state index in [0.717, 1.165) is 0 Å². The summed E-state index contributed by atoms with van der Waals surface area (Å²) in [7, 11) is 0. The van der Waals surface area contributed by atoms with Gasteiger partial charge in [-0.25, -0.2) is 9.59 Å². The SMILES string of the molecule is CC(=O)OCC1(C)C2C[C@H](OC(=O)c3ccccc3Cl)[C@@]3(C)Oc4cc(-c5cccnc5)oc(=O)c4[C@H](O)C3[C@@]2(C)CC[C@@H]1OC(C)=O.